The van der Waals surface area contributed by atoms with Crippen LogP contribution < -0.4 is 5.32 Å². The van der Waals surface area contributed by atoms with E-state index in [1.165, 1.54) is 10.9 Å². The van der Waals surface area contributed by atoms with Gasteiger partial charge in [0.25, 0.3) is 0 Å². The minimum Gasteiger partial charge on any atom is -0.350 e. The van der Waals surface area contributed by atoms with Crippen LogP contribution >= 0.6 is 0 Å². The zero-order valence-corrected chi connectivity index (χ0v) is 12.8. The van der Waals surface area contributed by atoms with E-state index >= 15 is 0 Å². The van der Waals surface area contributed by atoms with Crippen LogP contribution in [0.3, 0.4) is 0 Å². The molecule has 0 aliphatic heterocycles. The number of hydrogen-bond donors (Lipinski definition) is 1. The molecule has 0 saturated heterocycles. The quantitative estimate of drug-likeness (QED) is 0.767. The molecule has 0 aliphatic carbocycles. The summed E-state index contributed by atoms with van der Waals surface area (Å²) < 4.78 is 2.00. The predicted octanol–water partition coefficient (Wildman–Crippen LogP) is 3.52. The fraction of sp³-hybridized carbons (Fsp3) is 0.211. The number of carbonyl (C=O) groups is 1. The topological polar surface area (TPSA) is 34.0 Å². The van der Waals surface area contributed by atoms with Crippen LogP contribution in [0.2, 0.25) is 0 Å². The van der Waals surface area contributed by atoms with Crippen molar-refractivity contribution in [3.8, 4) is 0 Å². The fourth-order valence-electron chi connectivity index (χ4n) is 2.61. The average Bonchev–Trinajstić information content (AvgIpc) is 2.96. The molecule has 0 saturated carbocycles. The number of amides is 1. The number of nitrogens with one attached hydrogen (secondary N) is 1. The van der Waals surface area contributed by atoms with Crippen molar-refractivity contribution in [3.05, 3.63) is 71.9 Å². The van der Waals surface area contributed by atoms with E-state index in [4.69, 9.17) is 0 Å². The third-order valence-electron chi connectivity index (χ3n) is 3.89. The highest BCUT2D eigenvalue weighted by atomic mass is 16.1. The van der Waals surface area contributed by atoms with Crippen molar-refractivity contribution < 1.29 is 4.79 Å². The maximum atomic E-state index is 12.1. The number of benzene rings is 2. The zero-order chi connectivity index (χ0) is 15.4. The van der Waals surface area contributed by atoms with E-state index < -0.39 is 0 Å². The monoisotopic (exact) mass is 292 g/mol. The van der Waals surface area contributed by atoms with Crippen molar-refractivity contribution in [3.63, 3.8) is 0 Å². The number of aryl methyl sites for hydroxylation is 1. The highest BCUT2D eigenvalue weighted by Crippen LogP contribution is 2.18. The van der Waals surface area contributed by atoms with Gasteiger partial charge in [0.05, 0.1) is 0 Å². The van der Waals surface area contributed by atoms with Crippen LogP contribution in [0.4, 0.5) is 0 Å². The Labute approximate surface area is 130 Å². The summed E-state index contributed by atoms with van der Waals surface area (Å²) >= 11 is 0. The van der Waals surface area contributed by atoms with E-state index in [1.54, 1.807) is 0 Å². The van der Waals surface area contributed by atoms with Gasteiger partial charge in [0.2, 0.25) is 5.91 Å². The van der Waals surface area contributed by atoms with Gasteiger partial charge < -0.3 is 9.88 Å². The van der Waals surface area contributed by atoms with Crippen LogP contribution in [0, 0.1) is 0 Å². The Morgan fingerprint density at radius 1 is 1.05 bits per heavy atom. The molecule has 3 rings (SSSR count). The van der Waals surface area contributed by atoms with Crippen LogP contribution in [0.5, 0.6) is 0 Å². The Kier molecular flexibility index (Phi) is 4.24. The van der Waals surface area contributed by atoms with Gasteiger partial charge in [-0.15, -0.1) is 0 Å². The average molecular weight is 292 g/mol. The molecule has 3 heteroatoms. The number of fused-ring (bicyclic) bond motifs is 1. The molecule has 112 valence electrons. The molecule has 2 aromatic carbocycles. The largest absolute Gasteiger partial charge is 0.350 e. The Bertz CT molecular complexity index is 774. The van der Waals surface area contributed by atoms with Crippen molar-refractivity contribution in [2.45, 2.75) is 26.4 Å². The summed E-state index contributed by atoms with van der Waals surface area (Å²) in [6.07, 6.45) is 3.00. The lowest BCUT2D eigenvalue weighted by molar-refractivity contribution is -0.121. The van der Waals surface area contributed by atoms with E-state index in [0.717, 1.165) is 17.5 Å². The van der Waals surface area contributed by atoms with Crippen molar-refractivity contribution in [2.24, 2.45) is 0 Å². The third-order valence-corrected chi connectivity index (χ3v) is 3.89. The summed E-state index contributed by atoms with van der Waals surface area (Å²) in [5.41, 5.74) is 3.53. The standard InChI is InChI=1S/C19H20N2O/c1-2-15-8-9-18-17(12-15)10-11-21(18)14-19(22)20-13-16-6-4-3-5-7-16/h3-12H,2,13-14H2,1H3,(H,20,22). The molecule has 0 unspecified atom stereocenters. The first kappa shape index (κ1) is 14.4. The minimum absolute atomic E-state index is 0.0286. The highest BCUT2D eigenvalue weighted by molar-refractivity contribution is 5.83. The van der Waals surface area contributed by atoms with Crippen molar-refractivity contribution in [1.82, 2.24) is 9.88 Å². The molecule has 3 nitrogen and oxygen atoms in total. The zero-order valence-electron chi connectivity index (χ0n) is 12.8. The molecule has 1 aromatic heterocycles. The lowest BCUT2D eigenvalue weighted by Crippen LogP contribution is -2.26. The number of nitrogens with zero attached hydrogens (tertiary/aromatic N) is 1. The smallest absolute Gasteiger partial charge is 0.240 e. The van der Waals surface area contributed by atoms with Gasteiger partial charge in [-0.3, -0.25) is 4.79 Å². The Morgan fingerprint density at radius 2 is 1.86 bits per heavy atom. The van der Waals surface area contributed by atoms with Crippen LogP contribution in [-0.4, -0.2) is 10.5 Å². The lowest BCUT2D eigenvalue weighted by Gasteiger charge is -2.08. The van der Waals surface area contributed by atoms with Crippen molar-refractivity contribution in [1.29, 1.82) is 0 Å². The third kappa shape index (κ3) is 3.19. The maximum Gasteiger partial charge on any atom is 0.240 e. The first-order chi connectivity index (χ1) is 10.8. The van der Waals surface area contributed by atoms with E-state index in [9.17, 15) is 4.79 Å². The second-order valence-corrected chi connectivity index (χ2v) is 5.45. The molecular formula is C19H20N2O. The number of hydrogen-bond acceptors (Lipinski definition) is 1. The molecule has 0 aliphatic rings. The van der Waals surface area contributed by atoms with Gasteiger partial charge >= 0.3 is 0 Å². The van der Waals surface area contributed by atoms with Crippen LogP contribution in [-0.2, 0) is 24.3 Å². The Hall–Kier alpha value is -2.55. The number of carbonyl (C=O) groups excluding carboxylic acids is 1. The Morgan fingerprint density at radius 3 is 2.64 bits per heavy atom. The summed E-state index contributed by atoms with van der Waals surface area (Å²) in [5.74, 6) is 0.0286. The molecule has 0 radical (unpaired) electrons. The number of aromatic nitrogens is 1. The SMILES string of the molecule is CCc1ccc2c(ccn2CC(=O)NCc2ccccc2)c1. The molecular weight excluding hydrogens is 272 g/mol. The van der Waals surface area contributed by atoms with Gasteiger partial charge in [-0.05, 0) is 41.1 Å². The summed E-state index contributed by atoms with van der Waals surface area (Å²) in [7, 11) is 0. The second kappa shape index (κ2) is 6.48. The van der Waals surface area contributed by atoms with Gasteiger partial charge in [-0.1, -0.05) is 43.3 Å². The molecule has 3 aromatic rings. The van der Waals surface area contributed by atoms with Crippen molar-refractivity contribution >= 4 is 16.8 Å². The summed E-state index contributed by atoms with van der Waals surface area (Å²) in [6, 6.07) is 18.4. The van der Waals surface area contributed by atoms with Crippen LogP contribution in [0.15, 0.2) is 60.8 Å². The van der Waals surface area contributed by atoms with Gasteiger partial charge in [0, 0.05) is 18.3 Å². The molecule has 0 spiro atoms. The molecule has 0 fully saturated rings. The molecule has 1 heterocycles. The molecule has 1 amide bonds. The fourth-order valence-corrected chi connectivity index (χ4v) is 2.61. The van der Waals surface area contributed by atoms with E-state index in [2.05, 4.69) is 36.5 Å². The molecule has 0 atom stereocenters. The van der Waals surface area contributed by atoms with Crippen molar-refractivity contribution in [2.75, 3.05) is 0 Å². The normalized spacial score (nSPS) is 10.8. The van der Waals surface area contributed by atoms with Crippen LogP contribution in [0.25, 0.3) is 10.9 Å². The van der Waals surface area contributed by atoms with Gasteiger partial charge in [0.15, 0.2) is 0 Å². The lowest BCUT2D eigenvalue weighted by atomic mass is 10.1. The summed E-state index contributed by atoms with van der Waals surface area (Å²) in [5, 5.41) is 4.15. The summed E-state index contributed by atoms with van der Waals surface area (Å²) in [6.45, 7) is 3.07. The summed E-state index contributed by atoms with van der Waals surface area (Å²) in [4.78, 5) is 12.1. The maximum absolute atomic E-state index is 12.1. The van der Waals surface area contributed by atoms with E-state index in [0.29, 0.717) is 13.1 Å². The predicted molar refractivity (Wildman–Crippen MR) is 89.6 cm³/mol. The molecule has 1 N–H and O–H groups in total. The Balaban J connectivity index is 1.66. The van der Waals surface area contributed by atoms with Gasteiger partial charge in [-0.2, -0.15) is 0 Å². The number of rotatable bonds is 5. The van der Waals surface area contributed by atoms with Gasteiger partial charge in [-0.25, -0.2) is 0 Å². The second-order valence-electron chi connectivity index (χ2n) is 5.45. The highest BCUT2D eigenvalue weighted by Gasteiger charge is 2.06. The molecule has 22 heavy (non-hydrogen) atoms. The first-order valence-corrected chi connectivity index (χ1v) is 7.64. The minimum atomic E-state index is 0.0286. The first-order valence-electron chi connectivity index (χ1n) is 7.64. The van der Waals surface area contributed by atoms with E-state index in [-0.39, 0.29) is 5.91 Å². The molecule has 0 bridgehead atoms. The van der Waals surface area contributed by atoms with Gasteiger partial charge in [0.1, 0.15) is 6.54 Å². The van der Waals surface area contributed by atoms with E-state index in [1.807, 2.05) is 41.1 Å². The van der Waals surface area contributed by atoms with Crippen LogP contribution in [0.1, 0.15) is 18.1 Å².